The lowest BCUT2D eigenvalue weighted by Crippen LogP contribution is -2.43. The van der Waals surface area contributed by atoms with Crippen LogP contribution in [0.1, 0.15) is 26.3 Å². The summed E-state index contributed by atoms with van der Waals surface area (Å²) in [4.78, 5) is 26.4. The number of amides is 1. The Kier molecular flexibility index (Phi) is 4.71. The molecular weight excluding hydrogens is 341 g/mol. The molecule has 1 aromatic heterocycles. The van der Waals surface area contributed by atoms with Gasteiger partial charge in [0.05, 0.1) is 6.54 Å². The minimum absolute atomic E-state index is 0.0467. The number of hydrogen-bond acceptors (Lipinski definition) is 5. The van der Waals surface area contributed by atoms with Crippen molar-refractivity contribution in [2.45, 2.75) is 32.0 Å². The number of carboxylic acids is 1. The second-order valence-electron chi connectivity index (χ2n) is 6.77. The van der Waals surface area contributed by atoms with E-state index >= 15 is 0 Å². The third-order valence-electron chi connectivity index (χ3n) is 4.51. The van der Waals surface area contributed by atoms with Crippen LogP contribution in [0.3, 0.4) is 0 Å². The van der Waals surface area contributed by atoms with Crippen LogP contribution in [-0.4, -0.2) is 60.8 Å². The highest BCUT2D eigenvalue weighted by molar-refractivity contribution is 5.84. The van der Waals surface area contributed by atoms with Crippen molar-refractivity contribution < 1.29 is 19.1 Å². The maximum atomic E-state index is 14.3. The third-order valence-corrected chi connectivity index (χ3v) is 4.51. The molecule has 2 unspecified atom stereocenters. The predicted octanol–water partition coefficient (Wildman–Crippen LogP) is 1.56. The molecule has 0 radical (unpaired) electrons. The Balaban J connectivity index is 1.83. The lowest BCUT2D eigenvalue weighted by atomic mass is 10.0. The Bertz CT molecular complexity index is 810. The standard InChI is InChI=1S/C17H20FN5O3/c1-11(2)13(15(24)22-9-8-17(18,10-22)16(25)26)23-20-14(19-21-23)12-6-4-3-5-7-12/h3-7,11,13H,8-10H2,1-2H3,(H,25,26). The molecule has 138 valence electrons. The van der Waals surface area contributed by atoms with Gasteiger partial charge in [-0.3, -0.25) is 4.79 Å². The van der Waals surface area contributed by atoms with Gasteiger partial charge in [-0.15, -0.1) is 10.2 Å². The maximum absolute atomic E-state index is 14.3. The summed E-state index contributed by atoms with van der Waals surface area (Å²) >= 11 is 0. The number of carbonyl (C=O) groups is 2. The van der Waals surface area contributed by atoms with E-state index in [0.717, 1.165) is 5.56 Å². The first-order chi connectivity index (χ1) is 12.3. The Labute approximate surface area is 149 Å². The first-order valence-electron chi connectivity index (χ1n) is 8.38. The molecule has 1 fully saturated rings. The van der Waals surface area contributed by atoms with Crippen molar-refractivity contribution in [3.05, 3.63) is 30.3 Å². The third kappa shape index (κ3) is 3.29. The van der Waals surface area contributed by atoms with Gasteiger partial charge in [0, 0.05) is 18.5 Å². The molecule has 0 spiro atoms. The van der Waals surface area contributed by atoms with E-state index in [4.69, 9.17) is 5.11 Å². The normalized spacial score (nSPS) is 21.2. The molecule has 1 aliphatic heterocycles. The molecule has 1 saturated heterocycles. The second-order valence-corrected chi connectivity index (χ2v) is 6.77. The largest absolute Gasteiger partial charge is 0.479 e. The summed E-state index contributed by atoms with van der Waals surface area (Å²) in [6.45, 7) is 3.23. The van der Waals surface area contributed by atoms with E-state index in [1.165, 1.54) is 9.70 Å². The Morgan fingerprint density at radius 2 is 1.96 bits per heavy atom. The van der Waals surface area contributed by atoms with E-state index in [0.29, 0.717) is 5.82 Å². The highest BCUT2D eigenvalue weighted by atomic mass is 19.1. The molecule has 26 heavy (non-hydrogen) atoms. The number of hydrogen-bond donors (Lipinski definition) is 1. The summed E-state index contributed by atoms with van der Waals surface area (Å²) < 4.78 is 14.3. The van der Waals surface area contributed by atoms with Crippen LogP contribution in [0.5, 0.6) is 0 Å². The number of tetrazole rings is 1. The number of halogens is 1. The zero-order valence-corrected chi connectivity index (χ0v) is 14.5. The van der Waals surface area contributed by atoms with Gasteiger partial charge >= 0.3 is 5.97 Å². The van der Waals surface area contributed by atoms with Crippen molar-refractivity contribution in [2.75, 3.05) is 13.1 Å². The van der Waals surface area contributed by atoms with Crippen LogP contribution in [0.15, 0.2) is 30.3 Å². The molecule has 1 N–H and O–H groups in total. The fourth-order valence-electron chi connectivity index (χ4n) is 3.02. The van der Waals surface area contributed by atoms with Gasteiger partial charge in [-0.2, -0.15) is 4.80 Å². The summed E-state index contributed by atoms with van der Waals surface area (Å²) in [5.74, 6) is -1.74. The molecule has 2 atom stereocenters. The van der Waals surface area contributed by atoms with Crippen molar-refractivity contribution in [3.63, 3.8) is 0 Å². The number of nitrogens with zero attached hydrogens (tertiary/aromatic N) is 5. The fraction of sp³-hybridized carbons (Fsp3) is 0.471. The van der Waals surface area contributed by atoms with Crippen molar-refractivity contribution in [3.8, 4) is 11.4 Å². The number of likely N-dealkylation sites (tertiary alicyclic amines) is 1. The molecule has 0 bridgehead atoms. The molecule has 1 amide bonds. The van der Waals surface area contributed by atoms with Gasteiger partial charge in [0.25, 0.3) is 0 Å². The van der Waals surface area contributed by atoms with Gasteiger partial charge in [0.1, 0.15) is 0 Å². The predicted molar refractivity (Wildman–Crippen MR) is 89.8 cm³/mol. The minimum Gasteiger partial charge on any atom is -0.479 e. The van der Waals surface area contributed by atoms with E-state index in [1.54, 1.807) is 0 Å². The molecule has 2 heterocycles. The highest BCUT2D eigenvalue weighted by Gasteiger charge is 2.48. The molecule has 0 aliphatic carbocycles. The molecule has 8 nitrogen and oxygen atoms in total. The number of carbonyl (C=O) groups excluding carboxylic acids is 1. The van der Waals surface area contributed by atoms with Gasteiger partial charge in [-0.05, 0) is 11.1 Å². The fourth-order valence-corrected chi connectivity index (χ4v) is 3.02. The summed E-state index contributed by atoms with van der Waals surface area (Å²) in [7, 11) is 0. The molecular formula is C17H20FN5O3. The van der Waals surface area contributed by atoms with Crippen LogP contribution in [0.2, 0.25) is 0 Å². The molecule has 1 aromatic carbocycles. The Morgan fingerprint density at radius 1 is 1.27 bits per heavy atom. The molecule has 2 aromatic rings. The smallest absolute Gasteiger partial charge is 0.343 e. The summed E-state index contributed by atoms with van der Waals surface area (Å²) in [5.41, 5.74) is -1.63. The molecule has 3 rings (SSSR count). The number of alkyl halides is 1. The number of rotatable bonds is 5. The van der Waals surface area contributed by atoms with Crippen LogP contribution < -0.4 is 0 Å². The zero-order chi connectivity index (χ0) is 18.9. The lowest BCUT2D eigenvalue weighted by molar-refractivity contribution is -0.150. The van der Waals surface area contributed by atoms with Crippen molar-refractivity contribution in [2.24, 2.45) is 5.92 Å². The topological polar surface area (TPSA) is 101 Å². The van der Waals surface area contributed by atoms with E-state index in [9.17, 15) is 14.0 Å². The van der Waals surface area contributed by atoms with E-state index < -0.39 is 30.1 Å². The SMILES string of the molecule is CC(C)C(C(=O)N1CCC(F)(C(=O)O)C1)n1nnc(-c2ccccc2)n1. The Hall–Kier alpha value is -2.84. The van der Waals surface area contributed by atoms with Crippen molar-refractivity contribution in [1.82, 2.24) is 25.1 Å². The number of aliphatic carboxylic acids is 1. The summed E-state index contributed by atoms with van der Waals surface area (Å²) in [6.07, 6.45) is -0.223. The van der Waals surface area contributed by atoms with Crippen LogP contribution in [0.4, 0.5) is 4.39 Å². The van der Waals surface area contributed by atoms with Crippen LogP contribution in [-0.2, 0) is 9.59 Å². The minimum atomic E-state index is -2.40. The quantitative estimate of drug-likeness (QED) is 0.867. The monoisotopic (exact) mass is 361 g/mol. The van der Waals surface area contributed by atoms with Crippen molar-refractivity contribution in [1.29, 1.82) is 0 Å². The first-order valence-corrected chi connectivity index (χ1v) is 8.38. The van der Waals surface area contributed by atoms with Gasteiger partial charge in [0.15, 0.2) is 6.04 Å². The average Bonchev–Trinajstić information content (AvgIpc) is 3.23. The van der Waals surface area contributed by atoms with Gasteiger partial charge < -0.3 is 10.0 Å². The number of carboxylic acid groups (broad SMARTS) is 1. The average molecular weight is 361 g/mol. The highest BCUT2D eigenvalue weighted by Crippen LogP contribution is 2.29. The Morgan fingerprint density at radius 3 is 2.54 bits per heavy atom. The van der Waals surface area contributed by atoms with Crippen molar-refractivity contribution >= 4 is 11.9 Å². The lowest BCUT2D eigenvalue weighted by Gasteiger charge is -2.25. The van der Waals surface area contributed by atoms with Gasteiger partial charge in [-0.1, -0.05) is 44.2 Å². The van der Waals surface area contributed by atoms with Crippen LogP contribution in [0, 0.1) is 5.92 Å². The zero-order valence-electron chi connectivity index (χ0n) is 14.5. The first kappa shape index (κ1) is 18.0. The number of benzene rings is 1. The number of aromatic nitrogens is 4. The van der Waals surface area contributed by atoms with E-state index in [-0.39, 0.29) is 18.9 Å². The molecule has 0 saturated carbocycles. The second kappa shape index (κ2) is 6.81. The van der Waals surface area contributed by atoms with Crippen LogP contribution in [0.25, 0.3) is 11.4 Å². The van der Waals surface area contributed by atoms with E-state index in [1.807, 2.05) is 44.2 Å². The summed E-state index contributed by atoms with van der Waals surface area (Å²) in [5, 5.41) is 21.3. The molecule has 1 aliphatic rings. The van der Waals surface area contributed by atoms with Gasteiger partial charge in [-0.25, -0.2) is 9.18 Å². The van der Waals surface area contributed by atoms with Crippen LogP contribution >= 0.6 is 0 Å². The maximum Gasteiger partial charge on any atom is 0.343 e. The van der Waals surface area contributed by atoms with Gasteiger partial charge in [0.2, 0.25) is 17.4 Å². The summed E-state index contributed by atoms with van der Waals surface area (Å²) in [6, 6.07) is 8.44. The van der Waals surface area contributed by atoms with E-state index in [2.05, 4.69) is 15.4 Å². The molecule has 9 heteroatoms.